The summed E-state index contributed by atoms with van der Waals surface area (Å²) in [6.07, 6.45) is 0. The molecule has 0 unspecified atom stereocenters. The van der Waals surface area contributed by atoms with E-state index in [1.54, 1.807) is 0 Å². The van der Waals surface area contributed by atoms with E-state index in [-0.39, 0.29) is 26.2 Å². The first kappa shape index (κ1) is 8.82. The van der Waals surface area contributed by atoms with E-state index in [1.807, 2.05) is 0 Å². The SMILES string of the molecule is O=CCl.[Re]. The van der Waals surface area contributed by atoms with Gasteiger partial charge >= 0.3 is 0 Å². The average Bonchev–Trinajstić information content (AvgIpc) is 0.918. The van der Waals surface area contributed by atoms with Gasteiger partial charge in [-0.2, -0.15) is 0 Å². The van der Waals surface area contributed by atoms with Crippen molar-refractivity contribution in [3.8, 4) is 0 Å². The van der Waals surface area contributed by atoms with E-state index in [9.17, 15) is 0 Å². The van der Waals surface area contributed by atoms with Crippen molar-refractivity contribution in [1.29, 1.82) is 0 Å². The van der Waals surface area contributed by atoms with Crippen molar-refractivity contribution >= 4 is 17.3 Å². The van der Waals surface area contributed by atoms with Gasteiger partial charge in [0.1, 0.15) is 0 Å². The third-order valence-corrected chi connectivity index (χ3v) is 0. The fraction of sp³-hybridized carbons (Fsp3) is 0. The minimum absolute atomic E-state index is 0. The molecular formula is CHClORe. The largest absolute Gasteiger partial charge is 0.285 e. The predicted octanol–water partition coefficient (Wildman–Crippen LogP) is 0.413. The van der Waals surface area contributed by atoms with Gasteiger partial charge in [-0.05, 0) is 11.6 Å². The second kappa shape index (κ2) is 9.46. The summed E-state index contributed by atoms with van der Waals surface area (Å²) in [5, 5.41) is 0. The molecule has 0 spiro atoms. The Morgan fingerprint density at radius 3 is 1.75 bits per heavy atom. The quantitative estimate of drug-likeness (QED) is 0.450. The maximum atomic E-state index is 8.57. The predicted molar refractivity (Wildman–Crippen MR) is 12.6 cm³/mol. The second-order valence-corrected chi connectivity index (χ2v) is 0.267. The molecule has 0 N–H and O–H groups in total. The number of carbonyl (C=O) groups is 1. The molecule has 0 heterocycles. The van der Waals surface area contributed by atoms with Crippen molar-refractivity contribution < 1.29 is 25.2 Å². The molecule has 0 amide bonds. The monoisotopic (exact) mass is 251 g/mol. The van der Waals surface area contributed by atoms with Crippen LogP contribution in [-0.2, 0) is 25.2 Å². The molecule has 0 fully saturated rings. The molecule has 0 saturated carbocycles. The van der Waals surface area contributed by atoms with Crippen LogP contribution in [0.1, 0.15) is 0 Å². The molecule has 0 bridgehead atoms. The third-order valence-electron chi connectivity index (χ3n) is 0. The van der Waals surface area contributed by atoms with Gasteiger partial charge < -0.3 is 0 Å². The van der Waals surface area contributed by atoms with Gasteiger partial charge in [-0.15, -0.1) is 0 Å². The summed E-state index contributed by atoms with van der Waals surface area (Å²) in [5.74, 6) is 0.222. The first-order chi connectivity index (χ1) is 1.41. The number of rotatable bonds is 0. The zero-order valence-corrected chi connectivity index (χ0v) is 5.21. The Morgan fingerprint density at radius 1 is 1.75 bits per heavy atom. The van der Waals surface area contributed by atoms with Crippen LogP contribution in [0.3, 0.4) is 0 Å². The minimum atomic E-state index is 0. The maximum Gasteiger partial charge on any atom is 0.208 e. The molecule has 4 heavy (non-hydrogen) atoms. The Morgan fingerprint density at radius 2 is 1.75 bits per heavy atom. The van der Waals surface area contributed by atoms with Crippen molar-refractivity contribution in [1.82, 2.24) is 0 Å². The molecule has 1 radical (unpaired) electrons. The molecule has 0 aliphatic heterocycles. The van der Waals surface area contributed by atoms with Crippen LogP contribution >= 0.6 is 11.6 Å². The molecule has 25 valence electrons. The number of halogens is 1. The van der Waals surface area contributed by atoms with E-state index < -0.39 is 0 Å². The van der Waals surface area contributed by atoms with Crippen molar-refractivity contribution in [2.75, 3.05) is 0 Å². The summed E-state index contributed by atoms with van der Waals surface area (Å²) in [4.78, 5) is 8.57. The second-order valence-electron chi connectivity index (χ2n) is 0.0891. The molecule has 0 aliphatic rings. The summed E-state index contributed by atoms with van der Waals surface area (Å²) < 4.78 is 0. The Hall–Kier alpha value is 0.622. The van der Waals surface area contributed by atoms with E-state index >= 15 is 0 Å². The van der Waals surface area contributed by atoms with Gasteiger partial charge in [-0.3, -0.25) is 4.79 Å². The summed E-state index contributed by atoms with van der Waals surface area (Å²) in [5.41, 5.74) is 0. The van der Waals surface area contributed by atoms with Crippen molar-refractivity contribution in [2.45, 2.75) is 0 Å². The van der Waals surface area contributed by atoms with Gasteiger partial charge in [0, 0.05) is 20.4 Å². The zero-order chi connectivity index (χ0) is 2.71. The van der Waals surface area contributed by atoms with Gasteiger partial charge in [0.25, 0.3) is 0 Å². The van der Waals surface area contributed by atoms with Crippen LogP contribution in [0.5, 0.6) is 0 Å². The molecule has 0 atom stereocenters. The Kier molecular flexibility index (Phi) is 20.9. The molecule has 1 nitrogen and oxygen atoms in total. The van der Waals surface area contributed by atoms with E-state index in [2.05, 4.69) is 11.6 Å². The Bertz CT molecular complexity index is 15.5. The topological polar surface area (TPSA) is 17.1 Å². The molecule has 0 aromatic rings. The summed E-state index contributed by atoms with van der Waals surface area (Å²) in [7, 11) is 0. The van der Waals surface area contributed by atoms with E-state index in [4.69, 9.17) is 4.79 Å². The van der Waals surface area contributed by atoms with Gasteiger partial charge in [-0.25, -0.2) is 0 Å². The summed E-state index contributed by atoms with van der Waals surface area (Å²) >= 11 is 4.32. The van der Waals surface area contributed by atoms with Crippen LogP contribution in [0.15, 0.2) is 0 Å². The van der Waals surface area contributed by atoms with Crippen LogP contribution in [0.2, 0.25) is 0 Å². The third kappa shape index (κ3) is 17.8. The van der Waals surface area contributed by atoms with E-state index in [1.165, 1.54) is 0 Å². The average molecular weight is 251 g/mol. The standard InChI is InChI=1S/CHClO.Re/c2-1-3;/h1H;. The summed E-state index contributed by atoms with van der Waals surface area (Å²) in [6.45, 7) is 0. The number of hydrogen-bond donors (Lipinski definition) is 0. The first-order valence-corrected chi connectivity index (χ1v) is 0.890. The van der Waals surface area contributed by atoms with E-state index in [0.717, 1.165) is 0 Å². The Balaban J connectivity index is 0. The molecule has 0 saturated heterocycles. The van der Waals surface area contributed by atoms with Crippen LogP contribution in [0, 0.1) is 0 Å². The van der Waals surface area contributed by atoms with Crippen LogP contribution < -0.4 is 0 Å². The van der Waals surface area contributed by atoms with Gasteiger partial charge in [-0.1, -0.05) is 0 Å². The normalized spacial score (nSPS) is 3.25. The van der Waals surface area contributed by atoms with Gasteiger partial charge in [0.05, 0.1) is 0 Å². The number of hydrogen-bond acceptors (Lipinski definition) is 1. The molecule has 0 aliphatic carbocycles. The summed E-state index contributed by atoms with van der Waals surface area (Å²) in [6, 6.07) is 0. The van der Waals surface area contributed by atoms with Gasteiger partial charge in [0.15, 0.2) is 0 Å². The van der Waals surface area contributed by atoms with Crippen LogP contribution in [-0.4, -0.2) is 5.75 Å². The maximum absolute atomic E-state index is 8.57. The van der Waals surface area contributed by atoms with E-state index in [0.29, 0.717) is 0 Å². The van der Waals surface area contributed by atoms with Crippen LogP contribution in [0.25, 0.3) is 0 Å². The fourth-order valence-electron chi connectivity index (χ4n) is 0. The molecule has 0 rings (SSSR count). The number of carbonyl (C=O) groups excluding carboxylic acids is 1. The minimum Gasteiger partial charge on any atom is -0.285 e. The van der Waals surface area contributed by atoms with Crippen molar-refractivity contribution in [3.63, 3.8) is 0 Å². The first-order valence-electron chi connectivity index (χ1n) is 0.454. The molecular weight excluding hydrogens is 250 g/mol. The molecule has 0 aromatic heterocycles. The molecule has 0 aromatic carbocycles. The Labute approximate surface area is 43.0 Å². The van der Waals surface area contributed by atoms with Crippen LogP contribution in [0.4, 0.5) is 0 Å². The smallest absolute Gasteiger partial charge is 0.208 e. The van der Waals surface area contributed by atoms with Crippen molar-refractivity contribution in [2.24, 2.45) is 0 Å². The molecule has 3 heteroatoms. The van der Waals surface area contributed by atoms with Gasteiger partial charge in [0.2, 0.25) is 5.75 Å². The fourth-order valence-corrected chi connectivity index (χ4v) is 0. The van der Waals surface area contributed by atoms with Crippen molar-refractivity contribution in [3.05, 3.63) is 0 Å². The zero-order valence-electron chi connectivity index (χ0n) is 1.74.